The Morgan fingerprint density at radius 3 is 2.65 bits per heavy atom. The number of urea groups is 1. The maximum absolute atomic E-state index is 11.4. The third-order valence-electron chi connectivity index (χ3n) is 2.27. The first-order valence-corrected chi connectivity index (χ1v) is 6.10. The van der Waals surface area contributed by atoms with Gasteiger partial charge in [-0.05, 0) is 20.8 Å². The molecule has 0 aliphatic heterocycles. The molecule has 0 radical (unpaired) electrons. The number of imide groups is 1. The summed E-state index contributed by atoms with van der Waals surface area (Å²) < 4.78 is 5.01. The smallest absolute Gasteiger partial charge is 0.318 e. The molecule has 0 saturated heterocycles. The maximum Gasteiger partial charge on any atom is 0.318 e. The van der Waals surface area contributed by atoms with Crippen molar-refractivity contribution in [2.45, 2.75) is 31.8 Å². The van der Waals surface area contributed by atoms with Gasteiger partial charge < -0.3 is 10.3 Å². The number of carbonyl (C=O) groups excluding carboxylic acids is 2. The molecule has 0 saturated carbocycles. The SMILES string of the molecule is Cc1noc(C)c1CS[C@@H](C)C(=O)NC(N)=O. The Morgan fingerprint density at radius 1 is 1.53 bits per heavy atom. The third-order valence-corrected chi connectivity index (χ3v) is 3.44. The lowest BCUT2D eigenvalue weighted by molar-refractivity contribution is -0.119. The highest BCUT2D eigenvalue weighted by Gasteiger charge is 2.17. The largest absolute Gasteiger partial charge is 0.361 e. The lowest BCUT2D eigenvalue weighted by atomic mass is 10.2. The van der Waals surface area contributed by atoms with E-state index in [2.05, 4.69) is 5.16 Å². The summed E-state index contributed by atoms with van der Waals surface area (Å²) in [5.74, 6) is 0.959. The molecule has 1 aromatic heterocycles. The van der Waals surface area contributed by atoms with Crippen LogP contribution in [0.15, 0.2) is 4.52 Å². The van der Waals surface area contributed by atoms with Crippen LogP contribution in [-0.4, -0.2) is 22.3 Å². The summed E-state index contributed by atoms with van der Waals surface area (Å²) in [5, 5.41) is 5.50. The van der Waals surface area contributed by atoms with Gasteiger partial charge in [-0.15, -0.1) is 11.8 Å². The van der Waals surface area contributed by atoms with E-state index in [0.717, 1.165) is 17.0 Å². The van der Waals surface area contributed by atoms with E-state index in [1.165, 1.54) is 11.8 Å². The van der Waals surface area contributed by atoms with Crippen molar-refractivity contribution in [1.82, 2.24) is 10.5 Å². The number of aryl methyl sites for hydroxylation is 2. The Kier molecular flexibility index (Phi) is 4.56. The fourth-order valence-corrected chi connectivity index (χ4v) is 2.25. The van der Waals surface area contributed by atoms with E-state index in [-0.39, 0.29) is 5.25 Å². The average Bonchev–Trinajstić information content (AvgIpc) is 2.54. The van der Waals surface area contributed by atoms with Crippen molar-refractivity contribution in [3.05, 3.63) is 17.0 Å². The number of rotatable bonds is 4. The van der Waals surface area contributed by atoms with Gasteiger partial charge in [-0.3, -0.25) is 10.1 Å². The molecule has 17 heavy (non-hydrogen) atoms. The van der Waals surface area contributed by atoms with Gasteiger partial charge in [-0.1, -0.05) is 5.16 Å². The summed E-state index contributed by atoms with van der Waals surface area (Å²) in [5.41, 5.74) is 6.66. The summed E-state index contributed by atoms with van der Waals surface area (Å²) >= 11 is 1.39. The topological polar surface area (TPSA) is 98.2 Å². The van der Waals surface area contributed by atoms with Crippen molar-refractivity contribution < 1.29 is 14.1 Å². The molecule has 1 atom stereocenters. The number of aromatic nitrogens is 1. The number of hydrogen-bond donors (Lipinski definition) is 2. The summed E-state index contributed by atoms with van der Waals surface area (Å²) in [4.78, 5) is 21.9. The minimum absolute atomic E-state index is 0.365. The van der Waals surface area contributed by atoms with E-state index in [1.54, 1.807) is 6.92 Å². The Bertz CT molecular complexity index is 411. The van der Waals surface area contributed by atoms with Gasteiger partial charge in [0.25, 0.3) is 0 Å². The molecule has 3 amide bonds. The number of nitrogens with two attached hydrogens (primary N) is 1. The normalized spacial score (nSPS) is 12.2. The molecular formula is C10H15N3O3S. The first-order valence-electron chi connectivity index (χ1n) is 5.05. The van der Waals surface area contributed by atoms with Crippen molar-refractivity contribution in [2.75, 3.05) is 0 Å². The van der Waals surface area contributed by atoms with E-state index >= 15 is 0 Å². The summed E-state index contributed by atoms with van der Waals surface area (Å²) in [7, 11) is 0. The Balaban J connectivity index is 2.51. The van der Waals surface area contributed by atoms with Gasteiger partial charge in [0, 0.05) is 11.3 Å². The lowest BCUT2D eigenvalue weighted by Crippen LogP contribution is -2.39. The zero-order valence-electron chi connectivity index (χ0n) is 9.94. The second kappa shape index (κ2) is 5.72. The summed E-state index contributed by atoms with van der Waals surface area (Å²) in [6.07, 6.45) is 0. The molecule has 1 rings (SSSR count). The van der Waals surface area contributed by atoms with Gasteiger partial charge in [0.05, 0.1) is 10.9 Å². The molecule has 0 fully saturated rings. The van der Waals surface area contributed by atoms with Gasteiger partial charge in [0.1, 0.15) is 5.76 Å². The first kappa shape index (κ1) is 13.6. The summed E-state index contributed by atoms with van der Waals surface area (Å²) in [6, 6.07) is -0.834. The minimum Gasteiger partial charge on any atom is -0.361 e. The van der Waals surface area contributed by atoms with Crippen LogP contribution in [0.1, 0.15) is 23.9 Å². The Hall–Kier alpha value is -1.50. The number of nitrogens with zero attached hydrogens (tertiary/aromatic N) is 1. The second-order valence-electron chi connectivity index (χ2n) is 3.61. The molecule has 1 aromatic rings. The van der Waals surface area contributed by atoms with Gasteiger partial charge in [0.2, 0.25) is 5.91 Å². The second-order valence-corrected chi connectivity index (χ2v) is 4.94. The molecule has 1 heterocycles. The minimum atomic E-state index is -0.834. The molecule has 0 aliphatic rings. The molecule has 6 nitrogen and oxygen atoms in total. The van der Waals surface area contributed by atoms with Gasteiger partial charge in [0.15, 0.2) is 0 Å². The van der Waals surface area contributed by atoms with Crippen LogP contribution in [0.2, 0.25) is 0 Å². The zero-order valence-corrected chi connectivity index (χ0v) is 10.8. The van der Waals surface area contributed by atoms with Crippen molar-refractivity contribution in [1.29, 1.82) is 0 Å². The third kappa shape index (κ3) is 3.77. The first-order chi connectivity index (χ1) is 7.91. The lowest BCUT2D eigenvalue weighted by Gasteiger charge is -2.09. The number of primary amides is 1. The maximum atomic E-state index is 11.4. The monoisotopic (exact) mass is 257 g/mol. The number of amides is 3. The Morgan fingerprint density at radius 2 is 2.18 bits per heavy atom. The molecule has 0 spiro atoms. The quantitative estimate of drug-likeness (QED) is 0.841. The molecule has 0 aliphatic carbocycles. The van der Waals surface area contributed by atoms with Crippen LogP contribution in [0.4, 0.5) is 4.79 Å². The predicted molar refractivity (Wildman–Crippen MR) is 64.5 cm³/mol. The molecule has 0 aromatic carbocycles. The highest BCUT2D eigenvalue weighted by atomic mass is 32.2. The molecule has 3 N–H and O–H groups in total. The molecule has 94 valence electrons. The van der Waals surface area contributed by atoms with Crippen LogP contribution in [0, 0.1) is 13.8 Å². The fraction of sp³-hybridized carbons (Fsp3) is 0.500. The number of nitrogens with one attached hydrogen (secondary N) is 1. The Labute approximate surface area is 103 Å². The van der Waals surface area contributed by atoms with Crippen molar-refractivity contribution in [3.63, 3.8) is 0 Å². The van der Waals surface area contributed by atoms with Gasteiger partial charge in [-0.2, -0.15) is 0 Å². The van der Waals surface area contributed by atoms with Crippen LogP contribution in [0.25, 0.3) is 0 Å². The van der Waals surface area contributed by atoms with Gasteiger partial charge >= 0.3 is 6.03 Å². The zero-order chi connectivity index (χ0) is 13.0. The van der Waals surface area contributed by atoms with Gasteiger partial charge in [-0.25, -0.2) is 4.79 Å². The van der Waals surface area contributed by atoms with E-state index in [9.17, 15) is 9.59 Å². The number of carbonyl (C=O) groups is 2. The van der Waals surface area contributed by atoms with E-state index in [4.69, 9.17) is 10.3 Å². The predicted octanol–water partition coefficient (Wildman–Crippen LogP) is 1.11. The van der Waals surface area contributed by atoms with E-state index < -0.39 is 11.9 Å². The number of thioether (sulfide) groups is 1. The van der Waals surface area contributed by atoms with E-state index in [0.29, 0.717) is 5.75 Å². The molecule has 0 unspecified atom stereocenters. The summed E-state index contributed by atoms with van der Waals surface area (Å²) in [6.45, 7) is 5.38. The van der Waals surface area contributed by atoms with Crippen molar-refractivity contribution in [2.24, 2.45) is 5.73 Å². The standard InChI is InChI=1S/C10H15N3O3S/c1-5-8(6(2)16-13-5)4-17-7(3)9(14)12-10(11)15/h7H,4H2,1-3H3,(H3,11,12,14,15)/t7-/m0/s1. The van der Waals surface area contributed by atoms with Crippen molar-refractivity contribution in [3.8, 4) is 0 Å². The van der Waals surface area contributed by atoms with Crippen molar-refractivity contribution >= 4 is 23.7 Å². The average molecular weight is 257 g/mol. The van der Waals surface area contributed by atoms with Crippen LogP contribution in [0.3, 0.4) is 0 Å². The molecule has 7 heteroatoms. The van der Waals surface area contributed by atoms with Crippen LogP contribution >= 0.6 is 11.8 Å². The highest BCUT2D eigenvalue weighted by molar-refractivity contribution is 7.99. The van der Waals surface area contributed by atoms with E-state index in [1.807, 2.05) is 19.2 Å². The molecular weight excluding hydrogens is 242 g/mol. The molecule has 0 bridgehead atoms. The van der Waals surface area contributed by atoms with Crippen LogP contribution < -0.4 is 11.1 Å². The fourth-order valence-electron chi connectivity index (χ4n) is 1.22. The van der Waals surface area contributed by atoms with Crippen LogP contribution in [0.5, 0.6) is 0 Å². The van der Waals surface area contributed by atoms with Crippen LogP contribution in [-0.2, 0) is 10.5 Å². The highest BCUT2D eigenvalue weighted by Crippen LogP contribution is 2.22. The number of hydrogen-bond acceptors (Lipinski definition) is 5.